The van der Waals surface area contributed by atoms with E-state index in [1.54, 1.807) is 11.6 Å². The lowest BCUT2D eigenvalue weighted by atomic mass is 10.1. The molecule has 0 unspecified atom stereocenters. The number of nitrogens with zero attached hydrogens (tertiary/aromatic N) is 2. The third-order valence-corrected chi connectivity index (χ3v) is 2.83. The quantitative estimate of drug-likeness (QED) is 0.499. The SMILES string of the molecule is Nc1ccc(C(=O)Nc2nccs2)cc1[N+](=O)[O-]. The Labute approximate surface area is 105 Å². The summed E-state index contributed by atoms with van der Waals surface area (Å²) < 4.78 is 0. The Bertz CT molecular complexity index is 597. The molecule has 0 aliphatic carbocycles. The highest BCUT2D eigenvalue weighted by atomic mass is 32.1. The summed E-state index contributed by atoms with van der Waals surface area (Å²) in [5.41, 5.74) is 5.33. The van der Waals surface area contributed by atoms with Gasteiger partial charge in [-0.3, -0.25) is 20.2 Å². The van der Waals surface area contributed by atoms with E-state index in [1.807, 2.05) is 0 Å². The van der Waals surface area contributed by atoms with Crippen molar-refractivity contribution < 1.29 is 9.72 Å². The lowest BCUT2D eigenvalue weighted by molar-refractivity contribution is -0.383. The molecule has 0 fully saturated rings. The summed E-state index contributed by atoms with van der Waals surface area (Å²) in [5, 5.41) is 15.4. The van der Waals surface area contributed by atoms with Crippen molar-refractivity contribution in [3.05, 3.63) is 45.5 Å². The summed E-state index contributed by atoms with van der Waals surface area (Å²) in [6, 6.07) is 3.89. The van der Waals surface area contributed by atoms with Gasteiger partial charge >= 0.3 is 0 Å². The second-order valence-electron chi connectivity index (χ2n) is 3.32. The number of aromatic nitrogens is 1. The Hall–Kier alpha value is -2.48. The van der Waals surface area contributed by atoms with Crippen LogP contribution in [0.2, 0.25) is 0 Å². The Morgan fingerprint density at radius 3 is 2.89 bits per heavy atom. The van der Waals surface area contributed by atoms with E-state index < -0.39 is 10.8 Å². The number of thiazole rings is 1. The van der Waals surface area contributed by atoms with Gasteiger partial charge in [0.25, 0.3) is 11.6 Å². The van der Waals surface area contributed by atoms with Crippen molar-refractivity contribution in [3.8, 4) is 0 Å². The molecule has 1 amide bonds. The van der Waals surface area contributed by atoms with Crippen LogP contribution in [0.3, 0.4) is 0 Å². The number of carbonyl (C=O) groups excluding carboxylic acids is 1. The Morgan fingerprint density at radius 2 is 2.28 bits per heavy atom. The molecule has 1 aromatic carbocycles. The molecule has 0 atom stereocenters. The van der Waals surface area contributed by atoms with Crippen LogP contribution in [0.15, 0.2) is 29.8 Å². The summed E-state index contributed by atoms with van der Waals surface area (Å²) in [4.78, 5) is 25.7. The first-order valence-corrected chi connectivity index (χ1v) is 5.70. The zero-order chi connectivity index (χ0) is 13.1. The number of nitrogens with two attached hydrogens (primary N) is 1. The minimum absolute atomic E-state index is 0.0193. The van der Waals surface area contributed by atoms with Gasteiger partial charge < -0.3 is 5.73 Å². The van der Waals surface area contributed by atoms with Crippen LogP contribution >= 0.6 is 11.3 Å². The number of hydrogen-bond acceptors (Lipinski definition) is 6. The average Bonchev–Trinajstić information content (AvgIpc) is 2.81. The predicted octanol–water partition coefficient (Wildman–Crippen LogP) is 1.89. The Kier molecular flexibility index (Phi) is 3.20. The summed E-state index contributed by atoms with van der Waals surface area (Å²) in [6.07, 6.45) is 1.55. The van der Waals surface area contributed by atoms with Crippen LogP contribution in [-0.2, 0) is 0 Å². The number of nitrogens with one attached hydrogen (secondary N) is 1. The minimum Gasteiger partial charge on any atom is -0.393 e. The molecule has 1 aromatic heterocycles. The minimum atomic E-state index is -0.629. The van der Waals surface area contributed by atoms with Crippen LogP contribution in [0.25, 0.3) is 0 Å². The standard InChI is InChI=1S/C10H8N4O3S/c11-7-2-1-6(5-8(7)14(16)17)9(15)13-10-12-3-4-18-10/h1-5H,11H2,(H,12,13,15). The highest BCUT2D eigenvalue weighted by Crippen LogP contribution is 2.23. The second-order valence-corrected chi connectivity index (χ2v) is 4.22. The van der Waals surface area contributed by atoms with E-state index >= 15 is 0 Å². The first-order valence-electron chi connectivity index (χ1n) is 4.82. The van der Waals surface area contributed by atoms with E-state index in [0.29, 0.717) is 5.13 Å². The molecule has 3 N–H and O–H groups in total. The van der Waals surface area contributed by atoms with E-state index in [-0.39, 0.29) is 16.9 Å². The van der Waals surface area contributed by atoms with Gasteiger partial charge in [-0.1, -0.05) is 0 Å². The van der Waals surface area contributed by atoms with Crippen LogP contribution in [-0.4, -0.2) is 15.8 Å². The maximum absolute atomic E-state index is 11.8. The molecule has 7 nitrogen and oxygen atoms in total. The maximum atomic E-state index is 11.8. The number of nitro benzene ring substituents is 1. The van der Waals surface area contributed by atoms with Crippen LogP contribution in [0, 0.1) is 10.1 Å². The largest absolute Gasteiger partial charge is 0.393 e. The second kappa shape index (κ2) is 4.80. The fourth-order valence-corrected chi connectivity index (χ4v) is 1.82. The molecule has 0 spiro atoms. The van der Waals surface area contributed by atoms with Gasteiger partial charge in [-0.15, -0.1) is 11.3 Å². The van der Waals surface area contributed by atoms with Crippen molar-refractivity contribution in [1.82, 2.24) is 4.98 Å². The number of nitrogen functional groups attached to an aromatic ring is 1. The molecule has 8 heteroatoms. The smallest absolute Gasteiger partial charge is 0.292 e. The van der Waals surface area contributed by atoms with Crippen molar-refractivity contribution in [2.45, 2.75) is 0 Å². The number of carbonyl (C=O) groups is 1. The molecule has 0 aliphatic heterocycles. The summed E-state index contributed by atoms with van der Waals surface area (Å²) >= 11 is 1.26. The molecule has 0 bridgehead atoms. The van der Waals surface area contributed by atoms with E-state index in [1.165, 1.54) is 23.5 Å². The van der Waals surface area contributed by atoms with Gasteiger partial charge in [0.15, 0.2) is 5.13 Å². The third-order valence-electron chi connectivity index (χ3n) is 2.14. The molecule has 0 saturated heterocycles. The van der Waals surface area contributed by atoms with E-state index in [4.69, 9.17) is 5.73 Å². The van der Waals surface area contributed by atoms with Crippen LogP contribution in [0.4, 0.5) is 16.5 Å². The highest BCUT2D eigenvalue weighted by Gasteiger charge is 2.16. The zero-order valence-corrected chi connectivity index (χ0v) is 9.81. The molecule has 0 saturated carbocycles. The third kappa shape index (κ3) is 2.43. The van der Waals surface area contributed by atoms with Gasteiger partial charge in [0.2, 0.25) is 0 Å². The predicted molar refractivity (Wildman–Crippen MR) is 67.6 cm³/mol. The topological polar surface area (TPSA) is 111 Å². The maximum Gasteiger partial charge on any atom is 0.292 e. The monoisotopic (exact) mass is 264 g/mol. The fraction of sp³-hybridized carbons (Fsp3) is 0. The normalized spacial score (nSPS) is 10.0. The molecular weight excluding hydrogens is 256 g/mol. The number of hydrogen-bond donors (Lipinski definition) is 2. The Balaban J connectivity index is 2.26. The van der Waals surface area contributed by atoms with E-state index in [2.05, 4.69) is 10.3 Å². The first kappa shape index (κ1) is 12.0. The van der Waals surface area contributed by atoms with Gasteiger partial charge in [-0.2, -0.15) is 0 Å². The number of nitro groups is 1. The summed E-state index contributed by atoms with van der Waals surface area (Å²) in [7, 11) is 0. The van der Waals surface area contributed by atoms with Crippen LogP contribution < -0.4 is 11.1 Å². The van der Waals surface area contributed by atoms with E-state index in [0.717, 1.165) is 6.07 Å². The number of rotatable bonds is 3. The molecule has 2 aromatic rings. The molecule has 2 rings (SSSR count). The Morgan fingerprint density at radius 1 is 1.50 bits per heavy atom. The highest BCUT2D eigenvalue weighted by molar-refractivity contribution is 7.13. The lowest BCUT2D eigenvalue weighted by Crippen LogP contribution is -2.12. The number of amides is 1. The average molecular weight is 264 g/mol. The number of anilines is 2. The van der Waals surface area contributed by atoms with Gasteiger partial charge in [-0.05, 0) is 12.1 Å². The lowest BCUT2D eigenvalue weighted by Gasteiger charge is -2.03. The van der Waals surface area contributed by atoms with Crippen molar-refractivity contribution in [3.63, 3.8) is 0 Å². The van der Waals surface area contributed by atoms with Crippen molar-refractivity contribution in [2.75, 3.05) is 11.1 Å². The van der Waals surface area contributed by atoms with Gasteiger partial charge in [0, 0.05) is 23.2 Å². The van der Waals surface area contributed by atoms with Gasteiger partial charge in [0.05, 0.1) is 4.92 Å². The van der Waals surface area contributed by atoms with Crippen molar-refractivity contribution in [1.29, 1.82) is 0 Å². The zero-order valence-electron chi connectivity index (χ0n) is 8.99. The van der Waals surface area contributed by atoms with Gasteiger partial charge in [0.1, 0.15) is 5.69 Å². The van der Waals surface area contributed by atoms with E-state index in [9.17, 15) is 14.9 Å². The number of benzene rings is 1. The molecule has 18 heavy (non-hydrogen) atoms. The molecule has 0 radical (unpaired) electrons. The summed E-state index contributed by atoms with van der Waals surface area (Å²) in [6.45, 7) is 0. The van der Waals surface area contributed by atoms with Gasteiger partial charge in [-0.25, -0.2) is 4.98 Å². The summed E-state index contributed by atoms with van der Waals surface area (Å²) in [5.74, 6) is -0.465. The van der Waals surface area contributed by atoms with Crippen LogP contribution in [0.1, 0.15) is 10.4 Å². The first-order chi connectivity index (χ1) is 8.58. The van der Waals surface area contributed by atoms with Crippen molar-refractivity contribution >= 4 is 33.8 Å². The van der Waals surface area contributed by atoms with Crippen LogP contribution in [0.5, 0.6) is 0 Å². The molecule has 92 valence electrons. The molecule has 1 heterocycles. The fourth-order valence-electron chi connectivity index (χ4n) is 1.30. The molecular formula is C10H8N4O3S. The molecule has 0 aliphatic rings. The van der Waals surface area contributed by atoms with Crippen molar-refractivity contribution in [2.24, 2.45) is 0 Å².